The number of H-pyrrole nitrogens is 1. The van der Waals surface area contributed by atoms with Crippen molar-refractivity contribution in [3.8, 4) is 17.1 Å². The number of carbonyl (C=O) groups is 1. The minimum Gasteiger partial charge on any atom is -0.475 e. The number of rotatable bonds is 4. The average Bonchev–Trinajstić information content (AvgIpc) is 2.93. The van der Waals surface area contributed by atoms with Crippen LogP contribution in [0.5, 0.6) is 5.88 Å². The fourth-order valence-electron chi connectivity index (χ4n) is 5.18. The Morgan fingerprint density at radius 3 is 2.37 bits per heavy atom. The third-order valence-corrected chi connectivity index (χ3v) is 8.43. The lowest BCUT2D eigenvalue weighted by molar-refractivity contribution is 0.0508. The van der Waals surface area contributed by atoms with Gasteiger partial charge in [-0.05, 0) is 61.1 Å². The van der Waals surface area contributed by atoms with Gasteiger partial charge in [-0.15, -0.1) is 0 Å². The van der Waals surface area contributed by atoms with E-state index in [1.807, 2.05) is 32.0 Å². The van der Waals surface area contributed by atoms with Gasteiger partial charge in [-0.2, -0.15) is 10.1 Å². The quantitative estimate of drug-likeness (QED) is 0.347. The molecule has 0 saturated heterocycles. The van der Waals surface area contributed by atoms with Gasteiger partial charge in [0, 0.05) is 23.3 Å². The van der Waals surface area contributed by atoms with Crippen LogP contribution in [-0.2, 0) is 16.6 Å². The molecule has 0 unspecified atom stereocenters. The van der Waals surface area contributed by atoms with Gasteiger partial charge in [0.2, 0.25) is 11.8 Å². The Morgan fingerprint density at radius 2 is 1.70 bits per heavy atom. The van der Waals surface area contributed by atoms with Gasteiger partial charge < -0.3 is 9.64 Å². The summed E-state index contributed by atoms with van der Waals surface area (Å²) in [5, 5.41) is 6.54. The molecule has 1 aliphatic heterocycles. The molecular weight excluding hydrogens is 568 g/mol. The van der Waals surface area contributed by atoms with Crippen LogP contribution in [0, 0.1) is 19.3 Å². The van der Waals surface area contributed by atoms with Gasteiger partial charge in [-0.3, -0.25) is 9.59 Å². The zero-order valence-electron chi connectivity index (χ0n) is 24.7. The van der Waals surface area contributed by atoms with Crippen molar-refractivity contribution < 1.29 is 17.9 Å². The predicted molar refractivity (Wildman–Crippen MR) is 162 cm³/mol. The average molecular weight is 603 g/mol. The number of aromatic amines is 1. The van der Waals surface area contributed by atoms with Gasteiger partial charge in [-0.25, -0.2) is 23.2 Å². The summed E-state index contributed by atoms with van der Waals surface area (Å²) in [5.41, 5.74) is 3.32. The van der Waals surface area contributed by atoms with E-state index in [4.69, 9.17) is 4.74 Å². The smallest absolute Gasteiger partial charge is 0.264 e. The number of nitrogens with one attached hydrogen (secondary N) is 2. The lowest BCUT2D eigenvalue weighted by atomic mass is 9.87. The normalized spacial score (nSPS) is 16.7. The van der Waals surface area contributed by atoms with E-state index in [9.17, 15) is 18.0 Å². The summed E-state index contributed by atoms with van der Waals surface area (Å²) in [6, 6.07) is 15.8. The van der Waals surface area contributed by atoms with Crippen LogP contribution in [0.4, 0.5) is 5.95 Å². The summed E-state index contributed by atoms with van der Waals surface area (Å²) >= 11 is 0. The summed E-state index contributed by atoms with van der Waals surface area (Å²) in [7, 11) is -4.18. The summed E-state index contributed by atoms with van der Waals surface area (Å²) < 4.78 is 35.8. The lowest BCUT2D eigenvalue weighted by Crippen LogP contribution is -2.45. The molecule has 4 bridgehead atoms. The number of aryl methyl sites for hydroxylation is 2. The molecule has 224 valence electrons. The van der Waals surface area contributed by atoms with Gasteiger partial charge in [-0.1, -0.05) is 45.0 Å². The topological polar surface area (TPSA) is 147 Å². The number of nitrogens with zero attached hydrogens (tertiary/aromatic N) is 4. The Balaban J connectivity index is 1.68. The van der Waals surface area contributed by atoms with E-state index in [1.165, 1.54) is 24.3 Å². The molecule has 3 heterocycles. The Labute approximate surface area is 250 Å². The first-order chi connectivity index (χ1) is 20.3. The highest BCUT2D eigenvalue weighted by molar-refractivity contribution is 7.92. The number of ether oxygens (including phenoxy) is 1. The lowest BCUT2D eigenvalue weighted by Gasteiger charge is -2.35. The molecule has 1 aliphatic rings. The van der Waals surface area contributed by atoms with E-state index in [1.54, 1.807) is 23.1 Å². The first-order valence-electron chi connectivity index (χ1n) is 13.9. The van der Waals surface area contributed by atoms with Crippen molar-refractivity contribution >= 4 is 21.9 Å². The third kappa shape index (κ3) is 6.91. The number of aromatic nitrogens is 4. The highest BCUT2D eigenvalue weighted by Crippen LogP contribution is 2.31. The minimum atomic E-state index is -4.18. The van der Waals surface area contributed by atoms with Crippen LogP contribution in [0.25, 0.3) is 11.3 Å². The predicted octanol–water partition coefficient (Wildman–Crippen LogP) is 4.48. The zero-order valence-corrected chi connectivity index (χ0v) is 25.5. The molecule has 0 spiro atoms. The first kappa shape index (κ1) is 29.9. The van der Waals surface area contributed by atoms with E-state index in [0.29, 0.717) is 17.8 Å². The van der Waals surface area contributed by atoms with Gasteiger partial charge >= 0.3 is 0 Å². The Kier molecular flexibility index (Phi) is 8.06. The molecule has 11 nitrogen and oxygen atoms in total. The van der Waals surface area contributed by atoms with Crippen LogP contribution in [0.2, 0.25) is 0 Å². The standard InChI is InChI=1S/C31H34N6O5S/c1-19-8-6-9-20(2)28(19)25-15-27-33-30(32-25)36-43(40,41)24-11-7-10-21(14-24)29(39)37(17-22-12-13-26(38)35-34-22)23(18-42-27)16-31(3,4)5/h6-15,23H,16-18H2,1-5H3,(H,35,38)(H,32,33,36)/t23-/m1/s1. The number of anilines is 1. The number of sulfonamides is 1. The van der Waals surface area contributed by atoms with Crippen LogP contribution in [0.1, 0.15) is 54.4 Å². The SMILES string of the molecule is Cc1cccc(C)c1-c1cc2nc(n1)NS(=O)(=O)c1cccc(c1)C(=O)N(Cc1ccc(=O)[nH]n1)[C@H](CC(C)(C)C)CO2. The molecule has 2 N–H and O–H groups in total. The van der Waals surface area contributed by atoms with E-state index < -0.39 is 22.0 Å². The number of amides is 1. The largest absolute Gasteiger partial charge is 0.475 e. The summed E-state index contributed by atoms with van der Waals surface area (Å²) in [6.45, 7) is 10.2. The molecule has 5 rings (SSSR count). The number of hydrogen-bond acceptors (Lipinski definition) is 8. The minimum absolute atomic E-state index is 0.0532. The zero-order chi connectivity index (χ0) is 30.9. The Bertz CT molecular complexity index is 1810. The van der Waals surface area contributed by atoms with Gasteiger partial charge in [0.15, 0.2) is 0 Å². The number of benzene rings is 2. The molecule has 4 aromatic rings. The fourth-order valence-corrected chi connectivity index (χ4v) is 6.17. The van der Waals surface area contributed by atoms with Crippen LogP contribution in [-0.4, -0.2) is 52.0 Å². The van der Waals surface area contributed by atoms with Gasteiger partial charge in [0.25, 0.3) is 21.5 Å². The van der Waals surface area contributed by atoms with Crippen molar-refractivity contribution in [1.82, 2.24) is 25.1 Å². The molecule has 0 radical (unpaired) electrons. The van der Waals surface area contributed by atoms with Crippen LogP contribution < -0.4 is 15.0 Å². The monoisotopic (exact) mass is 602 g/mol. The Hall–Kier alpha value is -4.58. The molecule has 1 atom stereocenters. The number of fused-ring (bicyclic) bond motifs is 4. The highest BCUT2D eigenvalue weighted by Gasteiger charge is 2.31. The third-order valence-electron chi connectivity index (χ3n) is 7.10. The Morgan fingerprint density at radius 1 is 0.977 bits per heavy atom. The van der Waals surface area contributed by atoms with Crippen LogP contribution in [0.15, 0.2) is 70.4 Å². The van der Waals surface area contributed by atoms with Crippen molar-refractivity contribution in [3.63, 3.8) is 0 Å². The van der Waals surface area contributed by atoms with Crippen LogP contribution in [0.3, 0.4) is 0 Å². The van der Waals surface area contributed by atoms with Crippen molar-refractivity contribution in [2.45, 2.75) is 58.5 Å². The summed E-state index contributed by atoms with van der Waals surface area (Å²) in [5.74, 6) is -0.395. The first-order valence-corrected chi connectivity index (χ1v) is 15.3. The van der Waals surface area contributed by atoms with Crippen LogP contribution >= 0.6 is 0 Å². The molecule has 43 heavy (non-hydrogen) atoms. The molecule has 2 aromatic carbocycles. The van der Waals surface area contributed by atoms with Crippen molar-refractivity contribution in [2.24, 2.45) is 5.41 Å². The van der Waals surface area contributed by atoms with E-state index in [0.717, 1.165) is 16.7 Å². The second-order valence-electron chi connectivity index (χ2n) is 11.9. The summed E-state index contributed by atoms with van der Waals surface area (Å²) in [6.07, 6.45) is 0.542. The fraction of sp³-hybridized carbons (Fsp3) is 0.323. The molecule has 0 fully saturated rings. The number of carbonyl (C=O) groups excluding carboxylic acids is 1. The number of hydrogen-bond donors (Lipinski definition) is 2. The molecule has 2 aromatic heterocycles. The van der Waals surface area contributed by atoms with Gasteiger partial charge in [0.05, 0.1) is 28.9 Å². The van der Waals surface area contributed by atoms with E-state index in [-0.39, 0.29) is 46.4 Å². The molecule has 0 saturated carbocycles. The molecular formula is C31H34N6O5S. The second kappa shape index (κ2) is 11.6. The van der Waals surface area contributed by atoms with Gasteiger partial charge in [0.1, 0.15) is 6.61 Å². The maximum absolute atomic E-state index is 14.1. The maximum atomic E-state index is 14.1. The molecule has 1 amide bonds. The molecule has 12 heteroatoms. The maximum Gasteiger partial charge on any atom is 0.264 e. The van der Waals surface area contributed by atoms with E-state index in [2.05, 4.69) is 45.7 Å². The molecule has 0 aliphatic carbocycles. The van der Waals surface area contributed by atoms with Crippen molar-refractivity contribution in [2.75, 3.05) is 11.3 Å². The van der Waals surface area contributed by atoms with Crippen molar-refractivity contribution in [1.29, 1.82) is 0 Å². The van der Waals surface area contributed by atoms with Crippen molar-refractivity contribution in [3.05, 3.63) is 93.4 Å². The van der Waals surface area contributed by atoms with E-state index >= 15 is 0 Å². The highest BCUT2D eigenvalue weighted by atomic mass is 32.2. The second-order valence-corrected chi connectivity index (χ2v) is 13.6. The summed E-state index contributed by atoms with van der Waals surface area (Å²) in [4.78, 5) is 36.2.